The zero-order valence-corrected chi connectivity index (χ0v) is 17.5. The number of halogens is 1. The lowest BCUT2D eigenvalue weighted by Gasteiger charge is -2.29. The van der Waals surface area contributed by atoms with Gasteiger partial charge in [0.2, 0.25) is 5.95 Å². The first-order chi connectivity index (χ1) is 15.1. The number of nitrogens with one attached hydrogen (secondary N) is 1. The standard InChI is InChI=1S/C22H27FN6O2/c1-2-16-11-17(13-19(12-16)31-10-9-28-6-3-18(30)4-7-28)26-22-25-14-20(23)21(27-22)29-8-5-24-15-29/h5,8,11-15,18,30H,2-4,6-7,9-10H2,1H3,(H,25,26,27). The van der Waals surface area contributed by atoms with Gasteiger partial charge in [0.25, 0.3) is 0 Å². The fourth-order valence-corrected chi connectivity index (χ4v) is 3.57. The van der Waals surface area contributed by atoms with Crippen LogP contribution in [0.1, 0.15) is 25.3 Å². The molecule has 0 radical (unpaired) electrons. The lowest BCUT2D eigenvalue weighted by molar-refractivity contribution is 0.0755. The van der Waals surface area contributed by atoms with Gasteiger partial charge < -0.3 is 15.2 Å². The highest BCUT2D eigenvalue weighted by Crippen LogP contribution is 2.24. The minimum atomic E-state index is -0.528. The lowest BCUT2D eigenvalue weighted by Crippen LogP contribution is -2.38. The Labute approximate surface area is 180 Å². The van der Waals surface area contributed by atoms with Crippen LogP contribution >= 0.6 is 0 Å². The first kappa shape index (κ1) is 21.2. The minimum Gasteiger partial charge on any atom is -0.492 e. The van der Waals surface area contributed by atoms with Crippen molar-refractivity contribution in [2.75, 3.05) is 31.6 Å². The molecule has 0 aliphatic carbocycles. The molecule has 0 bridgehead atoms. The second-order valence-corrected chi connectivity index (χ2v) is 7.60. The number of piperidine rings is 1. The highest BCUT2D eigenvalue weighted by Gasteiger charge is 2.16. The van der Waals surface area contributed by atoms with Gasteiger partial charge in [-0.15, -0.1) is 0 Å². The van der Waals surface area contributed by atoms with Gasteiger partial charge in [-0.2, -0.15) is 4.98 Å². The van der Waals surface area contributed by atoms with Gasteiger partial charge in [0.1, 0.15) is 18.7 Å². The topological polar surface area (TPSA) is 88.3 Å². The third kappa shape index (κ3) is 5.56. The Balaban J connectivity index is 1.43. The van der Waals surface area contributed by atoms with Crippen LogP contribution in [0.5, 0.6) is 5.75 Å². The number of imidazole rings is 1. The predicted molar refractivity (Wildman–Crippen MR) is 115 cm³/mol. The van der Waals surface area contributed by atoms with Gasteiger partial charge in [0.05, 0.1) is 12.3 Å². The van der Waals surface area contributed by atoms with Gasteiger partial charge in [0, 0.05) is 43.8 Å². The maximum absolute atomic E-state index is 14.1. The zero-order valence-electron chi connectivity index (χ0n) is 17.5. The van der Waals surface area contributed by atoms with E-state index in [-0.39, 0.29) is 17.9 Å². The molecule has 2 N–H and O–H groups in total. The second kappa shape index (κ2) is 9.84. The van der Waals surface area contributed by atoms with E-state index in [1.807, 2.05) is 18.2 Å². The van der Waals surface area contributed by atoms with Crippen LogP contribution in [0.15, 0.2) is 43.1 Å². The molecule has 4 rings (SSSR count). The Hall–Kier alpha value is -3.04. The molecular weight excluding hydrogens is 399 g/mol. The maximum Gasteiger partial charge on any atom is 0.229 e. The van der Waals surface area contributed by atoms with Crippen molar-refractivity contribution in [2.45, 2.75) is 32.3 Å². The number of aryl methyl sites for hydroxylation is 1. The fraction of sp³-hybridized carbons (Fsp3) is 0.409. The van der Waals surface area contributed by atoms with E-state index in [1.165, 1.54) is 10.9 Å². The molecule has 8 nitrogen and oxygen atoms in total. The molecule has 164 valence electrons. The first-order valence-electron chi connectivity index (χ1n) is 10.6. The SMILES string of the molecule is CCc1cc(Nc2ncc(F)c(-n3ccnc3)n2)cc(OCCN2CCC(O)CC2)c1. The first-order valence-corrected chi connectivity index (χ1v) is 10.6. The Kier molecular flexibility index (Phi) is 6.73. The van der Waals surface area contributed by atoms with Crippen molar-refractivity contribution in [1.82, 2.24) is 24.4 Å². The molecule has 9 heteroatoms. The number of anilines is 2. The number of hydrogen-bond donors (Lipinski definition) is 2. The van der Waals surface area contributed by atoms with Gasteiger partial charge in [-0.1, -0.05) is 6.92 Å². The van der Waals surface area contributed by atoms with Crippen molar-refractivity contribution in [2.24, 2.45) is 0 Å². The highest BCUT2D eigenvalue weighted by molar-refractivity contribution is 5.58. The van der Waals surface area contributed by atoms with E-state index in [9.17, 15) is 9.50 Å². The van der Waals surface area contributed by atoms with E-state index >= 15 is 0 Å². The van der Waals surface area contributed by atoms with Crippen molar-refractivity contribution >= 4 is 11.6 Å². The summed E-state index contributed by atoms with van der Waals surface area (Å²) in [6, 6.07) is 5.92. The van der Waals surface area contributed by atoms with Crippen molar-refractivity contribution in [1.29, 1.82) is 0 Å². The van der Waals surface area contributed by atoms with Crippen LogP contribution in [0.4, 0.5) is 16.0 Å². The largest absolute Gasteiger partial charge is 0.492 e. The number of aliphatic hydroxyl groups is 1. The smallest absolute Gasteiger partial charge is 0.229 e. The number of benzene rings is 1. The number of ether oxygens (including phenoxy) is 1. The van der Waals surface area contributed by atoms with Gasteiger partial charge in [-0.25, -0.2) is 14.4 Å². The Bertz CT molecular complexity index is 990. The third-order valence-electron chi connectivity index (χ3n) is 5.34. The van der Waals surface area contributed by atoms with Crippen LogP contribution < -0.4 is 10.1 Å². The van der Waals surface area contributed by atoms with Crippen molar-refractivity contribution in [3.05, 3.63) is 54.5 Å². The molecule has 3 aromatic rings. The molecule has 0 atom stereocenters. The number of aromatic nitrogens is 4. The highest BCUT2D eigenvalue weighted by atomic mass is 19.1. The third-order valence-corrected chi connectivity index (χ3v) is 5.34. The van der Waals surface area contributed by atoms with E-state index in [0.717, 1.165) is 62.1 Å². The predicted octanol–water partition coefficient (Wildman–Crippen LogP) is 2.94. The summed E-state index contributed by atoms with van der Waals surface area (Å²) < 4.78 is 21.6. The van der Waals surface area contributed by atoms with Crippen LogP contribution in [0.25, 0.3) is 5.82 Å². The second-order valence-electron chi connectivity index (χ2n) is 7.60. The number of rotatable bonds is 8. The number of likely N-dealkylation sites (tertiary alicyclic amines) is 1. The van der Waals surface area contributed by atoms with Gasteiger partial charge in [0.15, 0.2) is 11.6 Å². The monoisotopic (exact) mass is 426 g/mol. The Morgan fingerprint density at radius 1 is 1.26 bits per heavy atom. The average Bonchev–Trinajstić information content (AvgIpc) is 3.31. The fourth-order valence-electron chi connectivity index (χ4n) is 3.57. The van der Waals surface area contributed by atoms with Crippen LogP contribution in [0.3, 0.4) is 0 Å². The summed E-state index contributed by atoms with van der Waals surface area (Å²) in [7, 11) is 0. The van der Waals surface area contributed by atoms with E-state index in [2.05, 4.69) is 32.1 Å². The zero-order chi connectivity index (χ0) is 21.6. The quantitative estimate of drug-likeness (QED) is 0.573. The molecule has 31 heavy (non-hydrogen) atoms. The Morgan fingerprint density at radius 2 is 2.10 bits per heavy atom. The van der Waals surface area contributed by atoms with E-state index in [4.69, 9.17) is 4.74 Å². The summed E-state index contributed by atoms with van der Waals surface area (Å²) in [6.07, 6.45) is 8.13. The van der Waals surface area contributed by atoms with Crippen molar-refractivity contribution in [3.63, 3.8) is 0 Å². The van der Waals surface area contributed by atoms with Gasteiger partial charge in [-0.05, 0) is 37.0 Å². The molecule has 1 aromatic carbocycles. The molecule has 1 aliphatic rings. The molecule has 1 saturated heterocycles. The molecule has 1 fully saturated rings. The molecule has 0 amide bonds. The summed E-state index contributed by atoms with van der Waals surface area (Å²) in [6.45, 7) is 5.26. The minimum absolute atomic E-state index is 0.129. The maximum atomic E-state index is 14.1. The van der Waals surface area contributed by atoms with Crippen molar-refractivity contribution in [3.8, 4) is 11.6 Å². The number of aliphatic hydroxyl groups excluding tert-OH is 1. The molecule has 0 spiro atoms. The lowest BCUT2D eigenvalue weighted by atomic mass is 10.1. The summed E-state index contributed by atoms with van der Waals surface area (Å²) in [5.74, 6) is 0.650. The molecule has 0 saturated carbocycles. The molecule has 0 unspecified atom stereocenters. The van der Waals surface area contributed by atoms with Crippen LogP contribution in [-0.2, 0) is 6.42 Å². The Morgan fingerprint density at radius 3 is 2.84 bits per heavy atom. The summed E-state index contributed by atoms with van der Waals surface area (Å²) >= 11 is 0. The van der Waals surface area contributed by atoms with Crippen LogP contribution in [0, 0.1) is 5.82 Å². The number of hydrogen-bond acceptors (Lipinski definition) is 7. The molecular formula is C22H27FN6O2. The van der Waals surface area contributed by atoms with E-state index in [0.29, 0.717) is 6.61 Å². The van der Waals surface area contributed by atoms with Crippen molar-refractivity contribution < 1.29 is 14.2 Å². The van der Waals surface area contributed by atoms with E-state index in [1.54, 1.807) is 12.4 Å². The summed E-state index contributed by atoms with van der Waals surface area (Å²) in [5.41, 5.74) is 1.89. The van der Waals surface area contributed by atoms with Crippen LogP contribution in [-0.4, -0.2) is 61.9 Å². The average molecular weight is 426 g/mol. The van der Waals surface area contributed by atoms with Gasteiger partial charge >= 0.3 is 0 Å². The molecule has 1 aliphatic heterocycles. The number of nitrogens with zero attached hydrogens (tertiary/aromatic N) is 5. The summed E-state index contributed by atoms with van der Waals surface area (Å²) in [5, 5.41) is 12.8. The summed E-state index contributed by atoms with van der Waals surface area (Å²) in [4.78, 5) is 14.6. The van der Waals surface area contributed by atoms with Gasteiger partial charge in [-0.3, -0.25) is 9.47 Å². The van der Waals surface area contributed by atoms with Crippen LogP contribution in [0.2, 0.25) is 0 Å². The molecule has 3 heterocycles. The molecule has 2 aromatic heterocycles. The normalized spacial score (nSPS) is 15.2. The van der Waals surface area contributed by atoms with E-state index < -0.39 is 5.82 Å².